The van der Waals surface area contributed by atoms with Gasteiger partial charge in [0.05, 0.1) is 11.2 Å². The van der Waals surface area contributed by atoms with Crippen molar-refractivity contribution in [2.75, 3.05) is 11.9 Å². The van der Waals surface area contributed by atoms with Crippen LogP contribution < -0.4 is 15.4 Å². The van der Waals surface area contributed by atoms with Crippen molar-refractivity contribution in [1.82, 2.24) is 20.3 Å². The second-order valence-corrected chi connectivity index (χ2v) is 8.48. The average molecular weight is 421 g/mol. The highest BCUT2D eigenvalue weighted by atomic mass is 16.5. The summed E-state index contributed by atoms with van der Waals surface area (Å²) >= 11 is 0. The third-order valence-electron chi connectivity index (χ3n) is 4.96. The summed E-state index contributed by atoms with van der Waals surface area (Å²) in [5.74, 6) is 0.183. The van der Waals surface area contributed by atoms with Gasteiger partial charge in [-0.05, 0) is 17.7 Å². The van der Waals surface area contributed by atoms with E-state index in [1.54, 1.807) is 12.3 Å². The Balaban J connectivity index is 1.50. The fraction of sp³-hybridized carbons (Fsp3) is 0.318. The standard InChI is InChI=1S/C22H23N5O4/c1-22(2,3)21(30)27-15-9-23-18-17(15)25-11-26-19(18)20(29)24-8-12-4-5-16-13(6-12)7-14(28)10-31-16/h4-6,9,11,23H,7-8,10H2,1-3H3,(H,24,29)(H,27,30). The lowest BCUT2D eigenvalue weighted by Gasteiger charge is -2.17. The topological polar surface area (TPSA) is 126 Å². The van der Waals surface area contributed by atoms with E-state index in [0.29, 0.717) is 28.9 Å². The van der Waals surface area contributed by atoms with E-state index >= 15 is 0 Å². The summed E-state index contributed by atoms with van der Waals surface area (Å²) in [6.45, 7) is 5.80. The quantitative estimate of drug-likeness (QED) is 0.594. The largest absolute Gasteiger partial charge is 0.486 e. The molecule has 3 aromatic rings. The fourth-order valence-electron chi connectivity index (χ4n) is 3.23. The van der Waals surface area contributed by atoms with Crippen LogP contribution >= 0.6 is 0 Å². The summed E-state index contributed by atoms with van der Waals surface area (Å²) in [6, 6.07) is 5.51. The Hall–Kier alpha value is -3.75. The number of carbonyl (C=O) groups is 3. The molecule has 1 aromatic carbocycles. The summed E-state index contributed by atoms with van der Waals surface area (Å²) < 4.78 is 5.40. The first-order valence-electron chi connectivity index (χ1n) is 9.90. The molecule has 3 heterocycles. The molecule has 0 fully saturated rings. The molecule has 3 N–H and O–H groups in total. The maximum atomic E-state index is 12.8. The van der Waals surface area contributed by atoms with Gasteiger partial charge in [-0.1, -0.05) is 26.8 Å². The van der Waals surface area contributed by atoms with Crippen LogP contribution in [0.15, 0.2) is 30.7 Å². The fourth-order valence-corrected chi connectivity index (χ4v) is 3.23. The van der Waals surface area contributed by atoms with Crippen molar-refractivity contribution in [3.05, 3.63) is 47.5 Å². The molecule has 0 atom stereocenters. The number of amides is 2. The zero-order valence-corrected chi connectivity index (χ0v) is 17.5. The van der Waals surface area contributed by atoms with E-state index in [4.69, 9.17) is 4.74 Å². The predicted molar refractivity (Wildman–Crippen MR) is 114 cm³/mol. The Morgan fingerprint density at radius 2 is 2.03 bits per heavy atom. The molecule has 0 saturated carbocycles. The number of aromatic amines is 1. The van der Waals surface area contributed by atoms with Gasteiger partial charge in [-0.25, -0.2) is 9.97 Å². The highest BCUT2D eigenvalue weighted by Gasteiger charge is 2.24. The number of hydrogen-bond acceptors (Lipinski definition) is 6. The van der Waals surface area contributed by atoms with Crippen LogP contribution in [0.1, 0.15) is 42.4 Å². The highest BCUT2D eigenvalue weighted by Crippen LogP contribution is 2.26. The Kier molecular flexibility index (Phi) is 5.18. The van der Waals surface area contributed by atoms with Gasteiger partial charge in [0.25, 0.3) is 5.91 Å². The molecular weight excluding hydrogens is 398 g/mol. The molecule has 1 aliphatic heterocycles. The Morgan fingerprint density at radius 1 is 1.23 bits per heavy atom. The van der Waals surface area contributed by atoms with Gasteiger partial charge in [-0.15, -0.1) is 0 Å². The molecule has 4 rings (SSSR count). The number of nitrogens with zero attached hydrogens (tertiary/aromatic N) is 2. The number of ketones is 1. The summed E-state index contributed by atoms with van der Waals surface area (Å²) in [5.41, 5.74) is 2.66. The minimum Gasteiger partial charge on any atom is -0.486 e. The van der Waals surface area contributed by atoms with E-state index in [9.17, 15) is 14.4 Å². The SMILES string of the molecule is CC(C)(C)C(=O)Nc1c[nH]c2c(C(=O)NCc3ccc4c(c3)CC(=O)CO4)ncnc12. The minimum atomic E-state index is -0.568. The van der Waals surface area contributed by atoms with Crippen LogP contribution in [-0.2, 0) is 22.6 Å². The van der Waals surface area contributed by atoms with Gasteiger partial charge < -0.3 is 20.4 Å². The third kappa shape index (κ3) is 4.25. The molecule has 0 radical (unpaired) electrons. The van der Waals surface area contributed by atoms with Crippen LogP contribution in [0.3, 0.4) is 0 Å². The van der Waals surface area contributed by atoms with Gasteiger partial charge >= 0.3 is 0 Å². The maximum Gasteiger partial charge on any atom is 0.272 e. The summed E-state index contributed by atoms with van der Waals surface area (Å²) in [5, 5.41) is 5.67. The molecule has 0 bridgehead atoms. The van der Waals surface area contributed by atoms with Gasteiger partial charge in [0.15, 0.2) is 11.5 Å². The van der Waals surface area contributed by atoms with Gasteiger partial charge in [-0.3, -0.25) is 14.4 Å². The molecular formula is C22H23N5O4. The normalized spacial score (nSPS) is 13.5. The van der Waals surface area contributed by atoms with Gasteiger partial charge in [-0.2, -0.15) is 0 Å². The van der Waals surface area contributed by atoms with E-state index in [2.05, 4.69) is 25.6 Å². The number of ether oxygens (including phenoxy) is 1. The van der Waals surface area contributed by atoms with E-state index in [0.717, 1.165) is 11.1 Å². The van der Waals surface area contributed by atoms with Crippen LogP contribution in [0.2, 0.25) is 0 Å². The van der Waals surface area contributed by atoms with Crippen molar-refractivity contribution in [3.8, 4) is 5.75 Å². The Morgan fingerprint density at radius 3 is 2.81 bits per heavy atom. The molecule has 0 aliphatic carbocycles. The Labute approximate surface area is 178 Å². The molecule has 2 aromatic heterocycles. The second-order valence-electron chi connectivity index (χ2n) is 8.48. The smallest absolute Gasteiger partial charge is 0.272 e. The number of hydrogen-bond donors (Lipinski definition) is 3. The van der Waals surface area contributed by atoms with Crippen molar-refractivity contribution in [3.63, 3.8) is 0 Å². The molecule has 160 valence electrons. The van der Waals surface area contributed by atoms with Crippen LogP contribution in [0, 0.1) is 5.41 Å². The molecule has 2 amide bonds. The third-order valence-corrected chi connectivity index (χ3v) is 4.96. The number of benzene rings is 1. The highest BCUT2D eigenvalue weighted by molar-refractivity contribution is 6.08. The summed E-state index contributed by atoms with van der Waals surface area (Å²) in [7, 11) is 0. The van der Waals surface area contributed by atoms with Crippen molar-refractivity contribution in [2.45, 2.75) is 33.7 Å². The summed E-state index contributed by atoms with van der Waals surface area (Å²) in [6.07, 6.45) is 3.22. The number of carbonyl (C=O) groups excluding carboxylic acids is 3. The van der Waals surface area contributed by atoms with Crippen molar-refractivity contribution in [2.24, 2.45) is 5.41 Å². The van der Waals surface area contributed by atoms with Gasteiger partial charge in [0, 0.05) is 30.1 Å². The number of aromatic nitrogens is 3. The monoisotopic (exact) mass is 421 g/mol. The van der Waals surface area contributed by atoms with E-state index < -0.39 is 5.41 Å². The van der Waals surface area contributed by atoms with E-state index in [-0.39, 0.29) is 36.4 Å². The molecule has 0 saturated heterocycles. The Bertz CT molecular complexity index is 1190. The zero-order chi connectivity index (χ0) is 22.2. The zero-order valence-electron chi connectivity index (χ0n) is 17.5. The number of Topliss-reactive ketones (excluding diaryl/α,β-unsaturated/α-hetero) is 1. The minimum absolute atomic E-state index is 0.0261. The lowest BCUT2D eigenvalue weighted by atomic mass is 9.95. The second kappa shape index (κ2) is 7.82. The molecule has 9 nitrogen and oxygen atoms in total. The number of nitrogens with one attached hydrogen (secondary N) is 3. The van der Waals surface area contributed by atoms with Crippen LogP contribution in [0.25, 0.3) is 11.0 Å². The molecule has 0 unspecified atom stereocenters. The first kappa shape index (κ1) is 20.5. The van der Waals surface area contributed by atoms with Crippen molar-refractivity contribution >= 4 is 34.3 Å². The van der Waals surface area contributed by atoms with Crippen LogP contribution in [-0.4, -0.2) is 39.2 Å². The first-order valence-corrected chi connectivity index (χ1v) is 9.90. The molecule has 9 heteroatoms. The molecule has 1 aliphatic rings. The van der Waals surface area contributed by atoms with Gasteiger partial charge in [0.2, 0.25) is 5.91 Å². The van der Waals surface area contributed by atoms with Gasteiger partial charge in [0.1, 0.15) is 24.2 Å². The molecule has 31 heavy (non-hydrogen) atoms. The van der Waals surface area contributed by atoms with E-state index in [1.165, 1.54) is 6.33 Å². The maximum absolute atomic E-state index is 12.8. The van der Waals surface area contributed by atoms with Crippen LogP contribution in [0.5, 0.6) is 5.75 Å². The van der Waals surface area contributed by atoms with E-state index in [1.807, 2.05) is 32.9 Å². The van der Waals surface area contributed by atoms with Crippen molar-refractivity contribution < 1.29 is 19.1 Å². The van der Waals surface area contributed by atoms with Crippen LogP contribution in [0.4, 0.5) is 5.69 Å². The first-order chi connectivity index (χ1) is 14.7. The number of anilines is 1. The number of fused-ring (bicyclic) bond motifs is 2. The molecule has 0 spiro atoms. The number of rotatable bonds is 4. The summed E-state index contributed by atoms with van der Waals surface area (Å²) in [4.78, 5) is 48.0. The lowest BCUT2D eigenvalue weighted by molar-refractivity contribution is -0.123. The average Bonchev–Trinajstić information content (AvgIpc) is 3.14. The number of H-pyrrole nitrogens is 1. The predicted octanol–water partition coefficient (Wildman–Crippen LogP) is 2.38. The van der Waals surface area contributed by atoms with Crippen molar-refractivity contribution in [1.29, 1.82) is 0 Å². The lowest BCUT2D eigenvalue weighted by Crippen LogP contribution is -2.27.